The lowest BCUT2D eigenvalue weighted by molar-refractivity contribution is 0.102. The maximum atomic E-state index is 12.3. The Labute approximate surface area is 149 Å². The summed E-state index contributed by atoms with van der Waals surface area (Å²) in [5.41, 5.74) is 2.58. The molecule has 0 aromatic heterocycles. The van der Waals surface area contributed by atoms with Crippen molar-refractivity contribution in [1.29, 1.82) is 0 Å². The van der Waals surface area contributed by atoms with Crippen LogP contribution >= 0.6 is 27.5 Å². The predicted molar refractivity (Wildman–Crippen MR) is 98.1 cm³/mol. The van der Waals surface area contributed by atoms with E-state index < -0.39 is 0 Å². The molecule has 1 fully saturated rings. The van der Waals surface area contributed by atoms with Crippen LogP contribution in [0, 0.1) is 0 Å². The molecule has 0 spiro atoms. The largest absolute Gasteiger partial charge is 0.322 e. The highest BCUT2D eigenvalue weighted by atomic mass is 79.9. The molecular formula is C18H18BrClN2O. The molecule has 0 saturated carbocycles. The molecular weight excluding hydrogens is 376 g/mol. The van der Waals surface area contributed by atoms with Crippen LogP contribution in [0.2, 0.25) is 5.02 Å². The maximum absolute atomic E-state index is 12.3. The van der Waals surface area contributed by atoms with Gasteiger partial charge in [0, 0.05) is 22.3 Å². The number of likely N-dealkylation sites (tertiary alicyclic amines) is 1. The minimum atomic E-state index is -0.129. The Kier molecular flexibility index (Phi) is 5.36. The molecule has 1 heterocycles. The number of anilines is 1. The van der Waals surface area contributed by atoms with Crippen molar-refractivity contribution in [3.63, 3.8) is 0 Å². The lowest BCUT2D eigenvalue weighted by atomic mass is 10.1. The van der Waals surface area contributed by atoms with Gasteiger partial charge in [-0.05, 0) is 77.8 Å². The van der Waals surface area contributed by atoms with Crippen LogP contribution in [0.5, 0.6) is 0 Å². The van der Waals surface area contributed by atoms with Gasteiger partial charge in [0.05, 0.1) is 5.02 Å². The third kappa shape index (κ3) is 4.34. The van der Waals surface area contributed by atoms with E-state index in [1.807, 2.05) is 36.4 Å². The molecule has 3 rings (SSSR count). The zero-order chi connectivity index (χ0) is 16.2. The third-order valence-electron chi connectivity index (χ3n) is 4.00. The van der Waals surface area contributed by atoms with E-state index in [4.69, 9.17) is 11.6 Å². The fraction of sp³-hybridized carbons (Fsp3) is 0.278. The van der Waals surface area contributed by atoms with Crippen LogP contribution in [0.1, 0.15) is 28.8 Å². The van der Waals surface area contributed by atoms with Gasteiger partial charge in [-0.15, -0.1) is 0 Å². The highest BCUT2D eigenvalue weighted by Crippen LogP contribution is 2.25. The summed E-state index contributed by atoms with van der Waals surface area (Å²) in [7, 11) is 0. The molecule has 23 heavy (non-hydrogen) atoms. The average Bonchev–Trinajstić information content (AvgIpc) is 3.04. The summed E-state index contributed by atoms with van der Waals surface area (Å²) >= 11 is 9.38. The summed E-state index contributed by atoms with van der Waals surface area (Å²) in [5, 5.41) is 3.44. The predicted octanol–water partition coefficient (Wildman–Crippen LogP) is 4.95. The van der Waals surface area contributed by atoms with E-state index in [2.05, 4.69) is 26.1 Å². The molecule has 0 aliphatic carbocycles. The second kappa shape index (κ2) is 7.47. The van der Waals surface area contributed by atoms with Gasteiger partial charge >= 0.3 is 0 Å². The van der Waals surface area contributed by atoms with Crippen molar-refractivity contribution < 1.29 is 4.79 Å². The molecule has 2 aromatic carbocycles. The summed E-state index contributed by atoms with van der Waals surface area (Å²) in [5.74, 6) is -0.129. The van der Waals surface area contributed by atoms with Crippen LogP contribution in [0.15, 0.2) is 46.9 Å². The second-order valence-corrected chi connectivity index (χ2v) is 7.02. The molecule has 1 aliphatic rings. The minimum absolute atomic E-state index is 0.129. The molecule has 5 heteroatoms. The number of rotatable bonds is 4. The Morgan fingerprint density at radius 1 is 1.13 bits per heavy atom. The van der Waals surface area contributed by atoms with Gasteiger partial charge in [0.1, 0.15) is 0 Å². The average molecular weight is 394 g/mol. The standard InChI is InChI=1S/C18H18BrClN2O/c19-16-8-7-15(11-17(16)20)21-18(23)14-5-3-13(4-6-14)12-22-9-1-2-10-22/h3-8,11H,1-2,9-10,12H2,(H,21,23). The number of nitrogens with zero attached hydrogens (tertiary/aromatic N) is 1. The highest BCUT2D eigenvalue weighted by molar-refractivity contribution is 9.10. The molecule has 0 bridgehead atoms. The number of carbonyl (C=O) groups is 1. The van der Waals surface area contributed by atoms with Crippen molar-refractivity contribution in [2.45, 2.75) is 19.4 Å². The van der Waals surface area contributed by atoms with Crippen molar-refractivity contribution in [3.05, 3.63) is 63.1 Å². The fourth-order valence-corrected chi connectivity index (χ4v) is 3.16. The first kappa shape index (κ1) is 16.5. The van der Waals surface area contributed by atoms with Crippen molar-refractivity contribution in [2.24, 2.45) is 0 Å². The van der Waals surface area contributed by atoms with Gasteiger partial charge in [-0.1, -0.05) is 23.7 Å². The van der Waals surface area contributed by atoms with Crippen LogP contribution < -0.4 is 5.32 Å². The lowest BCUT2D eigenvalue weighted by Gasteiger charge is -2.14. The van der Waals surface area contributed by atoms with E-state index in [-0.39, 0.29) is 5.91 Å². The van der Waals surface area contributed by atoms with Gasteiger partial charge in [-0.3, -0.25) is 9.69 Å². The third-order valence-corrected chi connectivity index (χ3v) is 5.23. The maximum Gasteiger partial charge on any atom is 0.255 e. The first-order valence-electron chi connectivity index (χ1n) is 7.69. The molecule has 0 unspecified atom stereocenters. The summed E-state index contributed by atoms with van der Waals surface area (Å²) < 4.78 is 0.809. The Bertz CT molecular complexity index is 697. The SMILES string of the molecule is O=C(Nc1ccc(Br)c(Cl)c1)c1ccc(CN2CCCC2)cc1. The van der Waals surface area contributed by atoms with Crippen LogP contribution in [0.25, 0.3) is 0 Å². The van der Waals surface area contributed by atoms with Gasteiger partial charge in [-0.25, -0.2) is 0 Å². The topological polar surface area (TPSA) is 32.3 Å². The first-order chi connectivity index (χ1) is 11.1. The molecule has 120 valence electrons. The van der Waals surface area contributed by atoms with Crippen molar-refractivity contribution >= 4 is 39.1 Å². The van der Waals surface area contributed by atoms with Crippen molar-refractivity contribution in [3.8, 4) is 0 Å². The smallest absolute Gasteiger partial charge is 0.255 e. The van der Waals surface area contributed by atoms with Gasteiger partial charge in [-0.2, -0.15) is 0 Å². The molecule has 1 saturated heterocycles. The van der Waals surface area contributed by atoms with E-state index in [0.717, 1.165) is 11.0 Å². The zero-order valence-electron chi connectivity index (χ0n) is 12.7. The molecule has 2 aromatic rings. The van der Waals surface area contributed by atoms with E-state index in [9.17, 15) is 4.79 Å². The Hall–Kier alpha value is -1.36. The molecule has 0 atom stereocenters. The van der Waals surface area contributed by atoms with Gasteiger partial charge < -0.3 is 5.32 Å². The zero-order valence-corrected chi connectivity index (χ0v) is 15.0. The Morgan fingerprint density at radius 2 is 1.83 bits per heavy atom. The molecule has 0 radical (unpaired) electrons. The first-order valence-corrected chi connectivity index (χ1v) is 8.86. The quantitative estimate of drug-likeness (QED) is 0.797. The van der Waals surface area contributed by atoms with E-state index >= 15 is 0 Å². The Balaban J connectivity index is 1.63. The number of benzene rings is 2. The van der Waals surface area contributed by atoms with Crippen molar-refractivity contribution in [2.75, 3.05) is 18.4 Å². The number of hydrogen-bond acceptors (Lipinski definition) is 2. The van der Waals surface area contributed by atoms with Crippen LogP contribution in [0.4, 0.5) is 5.69 Å². The molecule has 1 aliphatic heterocycles. The summed E-state index contributed by atoms with van der Waals surface area (Å²) in [4.78, 5) is 14.7. The van der Waals surface area contributed by atoms with Gasteiger partial charge in [0.2, 0.25) is 0 Å². The monoisotopic (exact) mass is 392 g/mol. The number of carbonyl (C=O) groups excluding carboxylic acids is 1. The Morgan fingerprint density at radius 3 is 2.48 bits per heavy atom. The summed E-state index contributed by atoms with van der Waals surface area (Å²) in [6.07, 6.45) is 2.58. The van der Waals surface area contributed by atoms with E-state index in [1.165, 1.54) is 31.5 Å². The molecule has 1 N–H and O–H groups in total. The minimum Gasteiger partial charge on any atom is -0.322 e. The molecule has 3 nitrogen and oxygen atoms in total. The number of halogens is 2. The highest BCUT2D eigenvalue weighted by Gasteiger charge is 2.12. The van der Waals surface area contributed by atoms with E-state index in [1.54, 1.807) is 6.07 Å². The van der Waals surface area contributed by atoms with Gasteiger partial charge in [0.25, 0.3) is 5.91 Å². The van der Waals surface area contributed by atoms with E-state index in [0.29, 0.717) is 16.3 Å². The van der Waals surface area contributed by atoms with Crippen LogP contribution in [-0.4, -0.2) is 23.9 Å². The summed E-state index contributed by atoms with van der Waals surface area (Å²) in [6, 6.07) is 13.2. The normalized spacial score (nSPS) is 14.9. The number of hydrogen-bond donors (Lipinski definition) is 1. The number of amides is 1. The van der Waals surface area contributed by atoms with Crippen LogP contribution in [0.3, 0.4) is 0 Å². The number of nitrogens with one attached hydrogen (secondary N) is 1. The fourth-order valence-electron chi connectivity index (χ4n) is 2.74. The lowest BCUT2D eigenvalue weighted by Crippen LogP contribution is -2.18. The molecule has 1 amide bonds. The van der Waals surface area contributed by atoms with Crippen LogP contribution in [-0.2, 0) is 6.54 Å². The second-order valence-electron chi connectivity index (χ2n) is 5.76. The van der Waals surface area contributed by atoms with Gasteiger partial charge in [0.15, 0.2) is 0 Å². The van der Waals surface area contributed by atoms with Crippen molar-refractivity contribution in [1.82, 2.24) is 4.90 Å². The summed E-state index contributed by atoms with van der Waals surface area (Å²) in [6.45, 7) is 3.31.